The largest absolute Gasteiger partial charge is 0.497 e. The Morgan fingerprint density at radius 1 is 1.48 bits per heavy atom. The zero-order valence-corrected chi connectivity index (χ0v) is 13.5. The standard InChI is InChI=1S/C17H26N2O2/c1-5-19(3)17(20)12(2)18-15-8-6-13-7-9-16(21-4)11-14(13)10-15/h7,9,11-12,15,18H,5-6,8,10H2,1-4H3. The molecule has 2 unspecified atom stereocenters. The van der Waals surface area contributed by atoms with Gasteiger partial charge in [0.2, 0.25) is 5.91 Å². The number of amides is 1. The minimum Gasteiger partial charge on any atom is -0.497 e. The van der Waals surface area contributed by atoms with Crippen LogP contribution in [0.2, 0.25) is 0 Å². The molecule has 0 saturated carbocycles. The summed E-state index contributed by atoms with van der Waals surface area (Å²) in [5, 5.41) is 3.48. The molecule has 0 aliphatic heterocycles. The van der Waals surface area contributed by atoms with E-state index >= 15 is 0 Å². The molecule has 21 heavy (non-hydrogen) atoms. The van der Waals surface area contributed by atoms with Crippen LogP contribution in [0.4, 0.5) is 0 Å². The van der Waals surface area contributed by atoms with E-state index in [0.29, 0.717) is 6.04 Å². The van der Waals surface area contributed by atoms with Crippen molar-refractivity contribution in [3.8, 4) is 5.75 Å². The Morgan fingerprint density at radius 2 is 2.24 bits per heavy atom. The smallest absolute Gasteiger partial charge is 0.239 e. The van der Waals surface area contributed by atoms with Crippen LogP contribution < -0.4 is 10.1 Å². The summed E-state index contributed by atoms with van der Waals surface area (Å²) in [4.78, 5) is 13.9. The molecule has 2 rings (SSSR count). The van der Waals surface area contributed by atoms with Crippen molar-refractivity contribution in [3.05, 3.63) is 29.3 Å². The van der Waals surface area contributed by atoms with Crippen molar-refractivity contribution < 1.29 is 9.53 Å². The van der Waals surface area contributed by atoms with Crippen molar-refractivity contribution in [2.24, 2.45) is 0 Å². The van der Waals surface area contributed by atoms with E-state index in [0.717, 1.165) is 31.6 Å². The number of likely N-dealkylation sites (N-methyl/N-ethyl adjacent to an activating group) is 1. The molecule has 0 saturated heterocycles. The minimum atomic E-state index is -0.132. The number of benzene rings is 1. The van der Waals surface area contributed by atoms with Crippen LogP contribution in [-0.2, 0) is 17.6 Å². The van der Waals surface area contributed by atoms with Crippen molar-refractivity contribution in [1.82, 2.24) is 10.2 Å². The summed E-state index contributed by atoms with van der Waals surface area (Å²) in [6.45, 7) is 4.69. The van der Waals surface area contributed by atoms with Gasteiger partial charge >= 0.3 is 0 Å². The molecule has 0 radical (unpaired) electrons. The Morgan fingerprint density at radius 3 is 2.90 bits per heavy atom. The zero-order chi connectivity index (χ0) is 15.4. The molecule has 4 heteroatoms. The fourth-order valence-electron chi connectivity index (χ4n) is 2.91. The summed E-state index contributed by atoms with van der Waals surface area (Å²) < 4.78 is 5.30. The average molecular weight is 290 g/mol. The number of hydrogen-bond donors (Lipinski definition) is 1. The lowest BCUT2D eigenvalue weighted by Crippen LogP contribution is -2.48. The van der Waals surface area contributed by atoms with Crippen molar-refractivity contribution in [1.29, 1.82) is 0 Å². The van der Waals surface area contributed by atoms with Gasteiger partial charge in [0.1, 0.15) is 5.75 Å². The minimum absolute atomic E-state index is 0.132. The number of ether oxygens (including phenoxy) is 1. The van der Waals surface area contributed by atoms with E-state index in [1.54, 1.807) is 12.0 Å². The molecule has 0 heterocycles. The van der Waals surface area contributed by atoms with Crippen LogP contribution in [-0.4, -0.2) is 43.6 Å². The fraction of sp³-hybridized carbons (Fsp3) is 0.588. The second kappa shape index (κ2) is 6.94. The third kappa shape index (κ3) is 3.76. The predicted molar refractivity (Wildman–Crippen MR) is 84.7 cm³/mol. The van der Waals surface area contributed by atoms with Crippen LogP contribution >= 0.6 is 0 Å². The first-order valence-corrected chi connectivity index (χ1v) is 7.72. The number of carbonyl (C=O) groups excluding carboxylic acids is 1. The first kappa shape index (κ1) is 15.8. The molecular formula is C17H26N2O2. The Hall–Kier alpha value is -1.55. The number of nitrogens with zero attached hydrogens (tertiary/aromatic N) is 1. The highest BCUT2D eigenvalue weighted by molar-refractivity contribution is 5.81. The molecule has 2 atom stereocenters. The molecule has 0 fully saturated rings. The van der Waals surface area contributed by atoms with E-state index in [4.69, 9.17) is 4.74 Å². The molecule has 0 aromatic heterocycles. The van der Waals surface area contributed by atoms with Crippen LogP contribution in [0.1, 0.15) is 31.4 Å². The lowest BCUT2D eigenvalue weighted by Gasteiger charge is -2.29. The second-order valence-corrected chi connectivity index (χ2v) is 5.82. The summed E-state index contributed by atoms with van der Waals surface area (Å²) in [5.41, 5.74) is 2.74. The first-order valence-electron chi connectivity index (χ1n) is 7.72. The van der Waals surface area contributed by atoms with E-state index in [1.165, 1.54) is 11.1 Å². The van der Waals surface area contributed by atoms with Gasteiger partial charge in [-0.2, -0.15) is 0 Å². The number of hydrogen-bond acceptors (Lipinski definition) is 3. The van der Waals surface area contributed by atoms with Crippen LogP contribution in [0.25, 0.3) is 0 Å². The quantitative estimate of drug-likeness (QED) is 0.902. The van der Waals surface area contributed by atoms with Gasteiger partial charge in [-0.05, 0) is 56.4 Å². The van der Waals surface area contributed by atoms with Gasteiger partial charge in [-0.1, -0.05) is 6.07 Å². The maximum absolute atomic E-state index is 12.1. The molecule has 4 nitrogen and oxygen atoms in total. The predicted octanol–water partition coefficient (Wildman–Crippen LogP) is 2.01. The average Bonchev–Trinajstić information content (AvgIpc) is 2.52. The van der Waals surface area contributed by atoms with Crippen LogP contribution in [0, 0.1) is 0 Å². The fourth-order valence-corrected chi connectivity index (χ4v) is 2.91. The molecular weight excluding hydrogens is 264 g/mol. The topological polar surface area (TPSA) is 41.6 Å². The molecule has 1 amide bonds. The van der Waals surface area contributed by atoms with Gasteiger partial charge in [0.15, 0.2) is 0 Å². The van der Waals surface area contributed by atoms with Gasteiger partial charge in [-0.25, -0.2) is 0 Å². The van der Waals surface area contributed by atoms with Gasteiger partial charge in [0.05, 0.1) is 13.2 Å². The number of rotatable bonds is 5. The SMILES string of the molecule is CCN(C)C(=O)C(C)NC1CCc2ccc(OC)cc2C1. The molecule has 1 aliphatic carbocycles. The second-order valence-electron chi connectivity index (χ2n) is 5.82. The van der Waals surface area contributed by atoms with E-state index in [9.17, 15) is 4.79 Å². The maximum atomic E-state index is 12.1. The summed E-state index contributed by atoms with van der Waals surface area (Å²) in [7, 11) is 3.54. The lowest BCUT2D eigenvalue weighted by atomic mass is 9.88. The molecule has 0 spiro atoms. The lowest BCUT2D eigenvalue weighted by molar-refractivity contribution is -0.131. The van der Waals surface area contributed by atoms with Crippen molar-refractivity contribution >= 4 is 5.91 Å². The molecule has 1 N–H and O–H groups in total. The van der Waals surface area contributed by atoms with Crippen LogP contribution in [0.15, 0.2) is 18.2 Å². The molecule has 1 aromatic rings. The highest BCUT2D eigenvalue weighted by Gasteiger charge is 2.24. The van der Waals surface area contributed by atoms with Crippen LogP contribution in [0.5, 0.6) is 5.75 Å². The number of fused-ring (bicyclic) bond motifs is 1. The third-order valence-corrected chi connectivity index (χ3v) is 4.35. The van der Waals surface area contributed by atoms with Gasteiger partial charge in [0, 0.05) is 19.6 Å². The molecule has 116 valence electrons. The Balaban J connectivity index is 1.99. The third-order valence-electron chi connectivity index (χ3n) is 4.35. The molecule has 1 aromatic carbocycles. The van der Waals surface area contributed by atoms with Gasteiger partial charge < -0.3 is 15.0 Å². The number of methoxy groups -OCH3 is 1. The molecule has 1 aliphatic rings. The first-order chi connectivity index (χ1) is 10.0. The summed E-state index contributed by atoms with van der Waals surface area (Å²) in [5.74, 6) is 1.07. The summed E-state index contributed by atoms with van der Waals surface area (Å²) in [6, 6.07) is 6.52. The van der Waals surface area contributed by atoms with E-state index in [1.807, 2.05) is 27.0 Å². The number of carbonyl (C=O) groups is 1. The summed E-state index contributed by atoms with van der Waals surface area (Å²) in [6.07, 6.45) is 3.09. The maximum Gasteiger partial charge on any atom is 0.239 e. The number of nitrogens with one attached hydrogen (secondary N) is 1. The van der Waals surface area contributed by atoms with E-state index in [-0.39, 0.29) is 11.9 Å². The monoisotopic (exact) mass is 290 g/mol. The highest BCUT2D eigenvalue weighted by Crippen LogP contribution is 2.25. The number of aryl methyl sites for hydroxylation is 1. The van der Waals surface area contributed by atoms with Crippen molar-refractivity contribution in [2.75, 3.05) is 20.7 Å². The van der Waals surface area contributed by atoms with E-state index < -0.39 is 0 Å². The van der Waals surface area contributed by atoms with E-state index in [2.05, 4.69) is 17.4 Å². The summed E-state index contributed by atoms with van der Waals surface area (Å²) >= 11 is 0. The van der Waals surface area contributed by atoms with Gasteiger partial charge in [0.25, 0.3) is 0 Å². The Kier molecular flexibility index (Phi) is 5.23. The normalized spacial score (nSPS) is 18.8. The van der Waals surface area contributed by atoms with Gasteiger partial charge in [-0.3, -0.25) is 4.79 Å². The zero-order valence-electron chi connectivity index (χ0n) is 13.5. The molecule has 0 bridgehead atoms. The van der Waals surface area contributed by atoms with Crippen LogP contribution in [0.3, 0.4) is 0 Å². The van der Waals surface area contributed by atoms with Gasteiger partial charge in [-0.15, -0.1) is 0 Å². The Labute approximate surface area is 127 Å². The Bertz CT molecular complexity index is 502. The van der Waals surface area contributed by atoms with Crippen molar-refractivity contribution in [2.45, 2.75) is 45.2 Å². The van der Waals surface area contributed by atoms with Crippen molar-refractivity contribution in [3.63, 3.8) is 0 Å². The highest BCUT2D eigenvalue weighted by atomic mass is 16.5.